The first kappa shape index (κ1) is 31.8. The fraction of sp³-hybridized carbons (Fsp3) is 0.106. The second-order valence-electron chi connectivity index (χ2n) is 13.9. The summed E-state index contributed by atoms with van der Waals surface area (Å²) in [6, 6.07) is 54.7. The van der Waals surface area contributed by atoms with Gasteiger partial charge in [-0.3, -0.25) is 0 Å². The van der Waals surface area contributed by atoms with Gasteiger partial charge in [-0.05, 0) is 111 Å². The predicted octanol–water partition coefficient (Wildman–Crippen LogP) is 12.0. The van der Waals surface area contributed by atoms with E-state index in [-0.39, 0.29) is 0 Å². The summed E-state index contributed by atoms with van der Waals surface area (Å²) in [7, 11) is -2.28. The molecule has 3 heteroatoms. The lowest BCUT2D eigenvalue weighted by atomic mass is 9.87. The highest BCUT2D eigenvalue weighted by atomic mass is 31.2. The second kappa shape index (κ2) is 13.1. The van der Waals surface area contributed by atoms with Crippen molar-refractivity contribution in [2.75, 3.05) is 18.6 Å². The molecule has 0 aromatic heterocycles. The summed E-state index contributed by atoms with van der Waals surface area (Å²) in [5.74, 6) is 0. The number of anilines is 1. The van der Waals surface area contributed by atoms with Gasteiger partial charge in [0.1, 0.15) is 7.14 Å². The maximum Gasteiger partial charge on any atom is 0.109 e. The summed E-state index contributed by atoms with van der Waals surface area (Å²) in [4.78, 5) is 0. The molecule has 0 unspecified atom stereocenters. The molecule has 0 bridgehead atoms. The molecule has 0 radical (unpaired) electrons. The lowest BCUT2D eigenvalue weighted by molar-refractivity contribution is 0.588. The number of para-hydroxylation sites is 1. The van der Waals surface area contributed by atoms with Gasteiger partial charge in [0, 0.05) is 28.7 Å². The highest BCUT2D eigenvalue weighted by Gasteiger charge is 2.18. The summed E-state index contributed by atoms with van der Waals surface area (Å²) in [6.45, 7) is 5.82. The van der Waals surface area contributed by atoms with E-state index in [4.69, 9.17) is 0 Å². The molecule has 0 saturated carbocycles. The Morgan fingerprint density at radius 1 is 0.540 bits per heavy atom. The number of hydrogen-bond acceptors (Lipinski definition) is 2. The van der Waals surface area contributed by atoms with Crippen LogP contribution in [0.25, 0.3) is 50.2 Å². The van der Waals surface area contributed by atoms with Gasteiger partial charge in [-0.2, -0.15) is 0 Å². The molecule has 0 aliphatic carbocycles. The Kier molecular flexibility index (Phi) is 8.35. The van der Waals surface area contributed by atoms with Gasteiger partial charge in [0.25, 0.3) is 0 Å². The van der Waals surface area contributed by atoms with Gasteiger partial charge < -0.3 is 9.88 Å². The number of rotatable bonds is 4. The van der Waals surface area contributed by atoms with Crippen molar-refractivity contribution in [3.8, 4) is 33.4 Å². The summed E-state index contributed by atoms with van der Waals surface area (Å²) >= 11 is 0. The van der Waals surface area contributed by atoms with Crippen LogP contribution < -0.4 is 10.6 Å². The van der Waals surface area contributed by atoms with Crippen LogP contribution in [0, 0.1) is 6.92 Å². The Bertz CT molecular complexity index is 2450. The van der Waals surface area contributed by atoms with E-state index in [1.54, 1.807) is 0 Å². The topological polar surface area (TPSA) is 29.1 Å². The fourth-order valence-corrected chi connectivity index (χ4v) is 8.04. The number of benzene rings is 7. The maximum atomic E-state index is 12.5. The second-order valence-corrected chi connectivity index (χ2v) is 17.1. The van der Waals surface area contributed by atoms with Crippen molar-refractivity contribution in [1.29, 1.82) is 0 Å². The number of hydrogen-bond donors (Lipinski definition) is 1. The van der Waals surface area contributed by atoms with Gasteiger partial charge >= 0.3 is 0 Å². The zero-order valence-corrected chi connectivity index (χ0v) is 29.7. The van der Waals surface area contributed by atoms with Gasteiger partial charge in [0.15, 0.2) is 0 Å². The first-order chi connectivity index (χ1) is 24.3. The van der Waals surface area contributed by atoms with E-state index < -0.39 is 7.14 Å². The summed E-state index contributed by atoms with van der Waals surface area (Å²) in [5.41, 5.74) is 15.9. The third-order valence-electron chi connectivity index (χ3n) is 10.0. The average molecular weight is 666 g/mol. The minimum Gasteiger partial charge on any atom is -0.358 e. The van der Waals surface area contributed by atoms with Crippen molar-refractivity contribution in [2.45, 2.75) is 19.8 Å². The van der Waals surface area contributed by atoms with Gasteiger partial charge in [-0.15, -0.1) is 0 Å². The fourth-order valence-electron chi connectivity index (χ4n) is 7.17. The Balaban J connectivity index is 1.24. The van der Waals surface area contributed by atoms with Gasteiger partial charge in [0.05, 0.1) is 0 Å². The highest BCUT2D eigenvalue weighted by Crippen LogP contribution is 2.39. The van der Waals surface area contributed by atoms with E-state index in [9.17, 15) is 4.57 Å². The first-order valence-electron chi connectivity index (χ1n) is 17.3. The highest BCUT2D eigenvalue weighted by molar-refractivity contribution is 7.70. The van der Waals surface area contributed by atoms with E-state index in [1.165, 1.54) is 60.8 Å². The summed E-state index contributed by atoms with van der Waals surface area (Å²) in [5, 5.41) is 7.34. The lowest BCUT2D eigenvalue weighted by Crippen LogP contribution is -2.09. The van der Waals surface area contributed by atoms with Gasteiger partial charge in [0.2, 0.25) is 0 Å². The Morgan fingerprint density at radius 3 is 1.86 bits per heavy atom. The molecule has 7 aromatic carbocycles. The normalized spacial score (nSPS) is 13.6. The molecule has 50 heavy (non-hydrogen) atoms. The molecule has 1 aliphatic heterocycles. The lowest BCUT2D eigenvalue weighted by Gasteiger charge is -2.23. The van der Waals surface area contributed by atoms with Crippen molar-refractivity contribution >= 4 is 35.0 Å². The minimum absolute atomic E-state index is 0.776. The zero-order chi connectivity index (χ0) is 34.2. The standard InChI is InChI=1S/C47H40NOP/c1-32-10-4-5-11-36(32)29-43-30-41-26-39(35-18-16-33(17-19-35)34-22-24-44(25-23-34)50(2,3)49)20-21-40(41)28-42-27-37-12-6-7-13-38(37)31-46(42)45-14-8-9-15-47(45)48-43/h4-27,29,31,48H,28,30H2,1-3H3/b43-29+. The number of nitrogens with one attached hydrogen (secondary N) is 1. The molecule has 1 aliphatic rings. The molecule has 1 N–H and O–H groups in total. The minimum atomic E-state index is -2.28. The maximum absolute atomic E-state index is 12.5. The van der Waals surface area contributed by atoms with Crippen LogP contribution in [-0.4, -0.2) is 13.3 Å². The smallest absolute Gasteiger partial charge is 0.109 e. The van der Waals surface area contributed by atoms with Crippen molar-refractivity contribution in [3.05, 3.63) is 185 Å². The van der Waals surface area contributed by atoms with E-state index >= 15 is 0 Å². The number of fused-ring (bicyclic) bond motifs is 5. The number of aryl methyl sites for hydroxylation is 1. The molecule has 7 aromatic rings. The third-order valence-corrected chi connectivity index (χ3v) is 11.6. The Labute approximate surface area is 295 Å². The van der Waals surface area contributed by atoms with Crippen molar-refractivity contribution in [2.24, 2.45) is 0 Å². The van der Waals surface area contributed by atoms with Crippen LogP contribution in [-0.2, 0) is 17.4 Å². The molecule has 8 rings (SSSR count). The Morgan fingerprint density at radius 2 is 1.14 bits per heavy atom. The first-order valence-corrected chi connectivity index (χ1v) is 19.9. The predicted molar refractivity (Wildman–Crippen MR) is 215 cm³/mol. The molecular formula is C47H40NOP. The van der Waals surface area contributed by atoms with Crippen LogP contribution in [0.15, 0.2) is 157 Å². The Hall–Kier alpha value is -5.43. The van der Waals surface area contributed by atoms with Crippen molar-refractivity contribution in [3.63, 3.8) is 0 Å². The van der Waals surface area contributed by atoms with Crippen molar-refractivity contribution < 1.29 is 4.57 Å². The summed E-state index contributed by atoms with van der Waals surface area (Å²) < 4.78 is 12.5. The number of allylic oxidation sites excluding steroid dienone is 1. The van der Waals surface area contributed by atoms with Crippen LogP contribution in [0.4, 0.5) is 5.69 Å². The molecule has 244 valence electrons. The largest absolute Gasteiger partial charge is 0.358 e. The van der Waals surface area contributed by atoms with E-state index in [2.05, 4.69) is 158 Å². The van der Waals surface area contributed by atoms with E-state index in [0.717, 1.165) is 40.7 Å². The molecular weight excluding hydrogens is 625 g/mol. The van der Waals surface area contributed by atoms with E-state index in [0.29, 0.717) is 0 Å². The van der Waals surface area contributed by atoms with Crippen LogP contribution in [0.5, 0.6) is 0 Å². The summed E-state index contributed by atoms with van der Waals surface area (Å²) in [6.07, 6.45) is 3.94. The molecule has 1 heterocycles. The van der Waals surface area contributed by atoms with E-state index in [1.807, 2.05) is 25.5 Å². The molecule has 0 atom stereocenters. The molecule has 0 spiro atoms. The van der Waals surface area contributed by atoms with Crippen LogP contribution in [0.3, 0.4) is 0 Å². The van der Waals surface area contributed by atoms with Crippen LogP contribution >= 0.6 is 7.14 Å². The average Bonchev–Trinajstić information content (AvgIpc) is 3.13. The molecule has 2 nitrogen and oxygen atoms in total. The monoisotopic (exact) mass is 665 g/mol. The SMILES string of the molecule is Cc1ccccc1/C=C1\Cc2cc(-c3ccc(-c4ccc(P(C)(C)=O)cc4)cc3)ccc2Cc2cc3ccccc3cc2-c2ccccc2N1. The van der Waals surface area contributed by atoms with Crippen LogP contribution in [0.1, 0.15) is 27.8 Å². The third kappa shape index (κ3) is 6.48. The van der Waals surface area contributed by atoms with Crippen molar-refractivity contribution in [1.82, 2.24) is 0 Å². The zero-order valence-electron chi connectivity index (χ0n) is 28.8. The molecule has 0 fully saturated rings. The van der Waals surface area contributed by atoms with Crippen LogP contribution in [0.2, 0.25) is 0 Å². The van der Waals surface area contributed by atoms with Gasteiger partial charge in [-0.1, -0.05) is 140 Å². The molecule has 0 amide bonds. The molecule has 0 saturated heterocycles. The quantitative estimate of drug-likeness (QED) is 0.190. The van der Waals surface area contributed by atoms with Gasteiger partial charge in [-0.25, -0.2) is 0 Å².